The first-order chi connectivity index (χ1) is 15.7. The van der Waals surface area contributed by atoms with E-state index in [1.807, 2.05) is 13.8 Å². The van der Waals surface area contributed by atoms with Gasteiger partial charge in [0.05, 0.1) is 25.5 Å². The number of esters is 1. The molecular weight excluding hydrogens is 453 g/mol. The molecule has 0 bridgehead atoms. The van der Waals surface area contributed by atoms with Crippen molar-refractivity contribution in [2.45, 2.75) is 39.0 Å². The molecule has 1 aliphatic heterocycles. The van der Waals surface area contributed by atoms with E-state index in [2.05, 4.69) is 15.2 Å². The molecule has 1 aliphatic rings. The fraction of sp³-hybridized carbons (Fsp3) is 0.500. The van der Waals surface area contributed by atoms with Gasteiger partial charge in [-0.15, -0.1) is 0 Å². The van der Waals surface area contributed by atoms with Crippen molar-refractivity contribution in [3.05, 3.63) is 47.0 Å². The maximum Gasteiger partial charge on any atom is 0.459 e. The summed E-state index contributed by atoms with van der Waals surface area (Å²) in [4.78, 5) is 27.6. The minimum Gasteiger partial charge on any atom is -0.464 e. The summed E-state index contributed by atoms with van der Waals surface area (Å²) in [7, 11) is -3.95. The Morgan fingerprint density at radius 3 is 2.79 bits per heavy atom. The standard InChI is InChI=1S/C20H28N5O7P/c1-14(2)12-29-19(26)11-23-33(28,32-15-6-4-3-5-7-15)30-13-16-8-9-18(31-16)25-20(27)24-17(21)10-22-25/h3-7,10,14,16,18H,8-9,11-13H2,1-2H3,(H,23,28)(H2,21,24,27). The topological polar surface area (TPSA) is 157 Å². The van der Waals surface area contributed by atoms with Gasteiger partial charge >= 0.3 is 19.4 Å². The highest BCUT2D eigenvalue weighted by Gasteiger charge is 2.33. The maximum atomic E-state index is 13.3. The average molecular weight is 481 g/mol. The van der Waals surface area contributed by atoms with E-state index < -0.39 is 31.7 Å². The number of anilines is 1. The van der Waals surface area contributed by atoms with Crippen molar-refractivity contribution in [2.75, 3.05) is 25.5 Å². The number of carbonyl (C=O) groups excluding carboxylic acids is 1. The predicted octanol–water partition coefficient (Wildman–Crippen LogP) is 1.89. The summed E-state index contributed by atoms with van der Waals surface area (Å²) in [5.41, 5.74) is 4.84. The van der Waals surface area contributed by atoms with Gasteiger partial charge in [-0.05, 0) is 30.9 Å². The zero-order valence-corrected chi connectivity index (χ0v) is 19.4. The third-order valence-electron chi connectivity index (χ3n) is 4.49. The summed E-state index contributed by atoms with van der Waals surface area (Å²) in [5.74, 6) is -0.0881. The number of hydrogen-bond acceptors (Lipinski definition) is 10. The summed E-state index contributed by atoms with van der Waals surface area (Å²) in [6.07, 6.45) is 1.13. The van der Waals surface area contributed by atoms with Crippen molar-refractivity contribution < 1.29 is 27.9 Å². The number of aromatic nitrogens is 3. The van der Waals surface area contributed by atoms with Crippen LogP contribution < -0.4 is 21.0 Å². The molecule has 2 aromatic rings. The summed E-state index contributed by atoms with van der Waals surface area (Å²) in [6, 6.07) is 8.44. The first-order valence-corrected chi connectivity index (χ1v) is 12.0. The van der Waals surface area contributed by atoms with Gasteiger partial charge in [0, 0.05) is 0 Å². The van der Waals surface area contributed by atoms with Crippen LogP contribution in [0, 0.1) is 5.92 Å². The highest BCUT2D eigenvalue weighted by Crippen LogP contribution is 2.45. The van der Waals surface area contributed by atoms with E-state index in [1.54, 1.807) is 30.3 Å². The minimum absolute atomic E-state index is 0.0196. The van der Waals surface area contributed by atoms with Crippen LogP contribution in [-0.4, -0.2) is 46.6 Å². The Morgan fingerprint density at radius 2 is 2.09 bits per heavy atom. The van der Waals surface area contributed by atoms with Crippen LogP contribution in [0.4, 0.5) is 5.82 Å². The van der Waals surface area contributed by atoms with Crippen LogP contribution in [0.3, 0.4) is 0 Å². The summed E-state index contributed by atoms with van der Waals surface area (Å²) in [5, 5.41) is 6.49. The molecular formula is C20H28N5O7P. The number of nitrogens with one attached hydrogen (secondary N) is 1. The first kappa shape index (κ1) is 24.8. The summed E-state index contributed by atoms with van der Waals surface area (Å²) in [6.45, 7) is 3.60. The number of nitrogens with zero attached hydrogens (tertiary/aromatic N) is 3. The van der Waals surface area contributed by atoms with E-state index in [0.717, 1.165) is 4.68 Å². The van der Waals surface area contributed by atoms with Crippen molar-refractivity contribution in [1.29, 1.82) is 0 Å². The molecule has 0 amide bonds. The molecule has 180 valence electrons. The number of hydrogen-bond donors (Lipinski definition) is 2. The summed E-state index contributed by atoms with van der Waals surface area (Å²) >= 11 is 0. The molecule has 1 fully saturated rings. The lowest BCUT2D eigenvalue weighted by molar-refractivity contribution is -0.143. The SMILES string of the molecule is CC(C)COC(=O)CNP(=O)(OCC1CCC(n2ncc(N)nc2=O)O1)Oc1ccccc1. The summed E-state index contributed by atoms with van der Waals surface area (Å²) < 4.78 is 36.4. The quantitative estimate of drug-likeness (QED) is 0.357. The van der Waals surface area contributed by atoms with Crippen molar-refractivity contribution in [3.63, 3.8) is 0 Å². The van der Waals surface area contributed by atoms with Gasteiger partial charge in [0.15, 0.2) is 6.23 Å². The van der Waals surface area contributed by atoms with Crippen molar-refractivity contribution in [3.8, 4) is 5.75 Å². The van der Waals surface area contributed by atoms with Crippen molar-refractivity contribution >= 4 is 19.5 Å². The maximum absolute atomic E-state index is 13.3. The van der Waals surface area contributed by atoms with Crippen LogP contribution in [0.15, 0.2) is 41.3 Å². The van der Waals surface area contributed by atoms with Crippen LogP contribution in [0.1, 0.15) is 32.9 Å². The Balaban J connectivity index is 1.60. The zero-order chi connectivity index (χ0) is 23.8. The van der Waals surface area contributed by atoms with Gasteiger partial charge in [-0.3, -0.25) is 9.32 Å². The number of carbonyl (C=O) groups is 1. The van der Waals surface area contributed by atoms with Crippen LogP contribution in [0.25, 0.3) is 0 Å². The molecule has 0 spiro atoms. The molecule has 12 nitrogen and oxygen atoms in total. The minimum atomic E-state index is -3.95. The molecule has 1 aromatic heterocycles. The largest absolute Gasteiger partial charge is 0.464 e. The molecule has 3 unspecified atom stereocenters. The van der Waals surface area contributed by atoms with Gasteiger partial charge in [-0.25, -0.2) is 14.4 Å². The van der Waals surface area contributed by atoms with Gasteiger partial charge in [0.25, 0.3) is 0 Å². The second-order valence-corrected chi connectivity index (χ2v) is 9.56. The van der Waals surface area contributed by atoms with Crippen LogP contribution >= 0.6 is 7.75 Å². The molecule has 3 atom stereocenters. The molecule has 1 aromatic carbocycles. The number of rotatable bonds is 11. The lowest BCUT2D eigenvalue weighted by Gasteiger charge is -2.21. The lowest BCUT2D eigenvalue weighted by atomic mass is 10.2. The van der Waals surface area contributed by atoms with Crippen molar-refractivity contribution in [1.82, 2.24) is 19.9 Å². The van der Waals surface area contributed by atoms with Gasteiger partial charge < -0.3 is 19.7 Å². The molecule has 3 rings (SSSR count). The highest BCUT2D eigenvalue weighted by atomic mass is 31.2. The second kappa shape index (κ2) is 11.4. The molecule has 2 heterocycles. The van der Waals surface area contributed by atoms with E-state index in [0.29, 0.717) is 18.6 Å². The predicted molar refractivity (Wildman–Crippen MR) is 118 cm³/mol. The Hall–Kier alpha value is -2.79. The molecule has 1 saturated heterocycles. The third-order valence-corrected chi connectivity index (χ3v) is 5.97. The van der Waals surface area contributed by atoms with Gasteiger partial charge in [0.2, 0.25) is 0 Å². The van der Waals surface area contributed by atoms with E-state index in [-0.39, 0.29) is 31.5 Å². The third kappa shape index (κ3) is 7.64. The number of nitrogen functional groups attached to an aromatic ring is 1. The molecule has 0 saturated carbocycles. The number of benzene rings is 1. The molecule has 33 heavy (non-hydrogen) atoms. The molecule has 0 aliphatic carbocycles. The van der Waals surface area contributed by atoms with Crippen LogP contribution in [0.2, 0.25) is 0 Å². The Labute approximate surface area is 191 Å². The van der Waals surface area contributed by atoms with Crippen molar-refractivity contribution in [2.24, 2.45) is 5.92 Å². The van der Waals surface area contributed by atoms with Crippen LogP contribution in [0.5, 0.6) is 5.75 Å². The molecule has 13 heteroatoms. The van der Waals surface area contributed by atoms with Gasteiger partial charge in [0.1, 0.15) is 18.1 Å². The zero-order valence-electron chi connectivity index (χ0n) is 18.5. The fourth-order valence-corrected chi connectivity index (χ4v) is 4.22. The average Bonchev–Trinajstić information content (AvgIpc) is 3.24. The Morgan fingerprint density at radius 1 is 1.33 bits per heavy atom. The Bertz CT molecular complexity index is 1030. The number of nitrogens with two attached hydrogens (primary N) is 1. The van der Waals surface area contributed by atoms with E-state index in [1.165, 1.54) is 6.20 Å². The van der Waals surface area contributed by atoms with Gasteiger partial charge in [-0.1, -0.05) is 32.0 Å². The lowest BCUT2D eigenvalue weighted by Crippen LogP contribution is -2.31. The molecule has 3 N–H and O–H groups in total. The number of para-hydroxylation sites is 1. The van der Waals surface area contributed by atoms with Crippen LogP contribution in [-0.2, 0) is 23.4 Å². The highest BCUT2D eigenvalue weighted by molar-refractivity contribution is 7.52. The number of ether oxygens (including phenoxy) is 2. The van der Waals surface area contributed by atoms with E-state index in [9.17, 15) is 14.2 Å². The van der Waals surface area contributed by atoms with E-state index >= 15 is 0 Å². The normalized spacial score (nSPS) is 19.8. The van der Waals surface area contributed by atoms with E-state index in [4.69, 9.17) is 24.3 Å². The van der Waals surface area contributed by atoms with Gasteiger partial charge in [-0.2, -0.15) is 14.8 Å². The monoisotopic (exact) mass is 481 g/mol. The Kier molecular flexibility index (Phi) is 8.56. The molecule has 0 radical (unpaired) electrons. The smallest absolute Gasteiger partial charge is 0.459 e. The fourth-order valence-electron chi connectivity index (χ4n) is 2.93. The second-order valence-electron chi connectivity index (χ2n) is 7.81. The first-order valence-electron chi connectivity index (χ1n) is 10.5.